The second-order valence-electron chi connectivity index (χ2n) is 10.4. The molecule has 0 radical (unpaired) electrons. The number of nitrogens with one attached hydrogen (secondary N) is 2. The first-order chi connectivity index (χ1) is 20.1. The largest absolute Gasteiger partial charge is 0.508 e. The Morgan fingerprint density at radius 2 is 1.88 bits per heavy atom. The molecule has 2 aromatic rings. The van der Waals surface area contributed by atoms with E-state index in [0.29, 0.717) is 24.9 Å². The molecule has 14 heteroatoms. The molecule has 2 aromatic carbocycles. The predicted octanol–water partition coefficient (Wildman–Crippen LogP) is 3.15. The standard InChI is InChI=1S/C29H33ClF3N3O7/c1-3-43-26(40)11-18(17-7-20(12-21(30)8-17)28(2,42)29(31,32)33)9-23(38)13-36-27(41)19-4-16(5-22(37)10-19)6-25-34-14-24(39)15-35-25/h4-5,7-8,10,12,18,24,37,39,42H,3,6,9,11,13-15H2,1-2H3,(H,34,35)(H,36,41)/t18-,28?/m0/s1. The number of phenolic OH excluding ortho intramolecular Hbond substituents is 1. The van der Waals surface area contributed by atoms with E-state index in [4.69, 9.17) is 16.3 Å². The van der Waals surface area contributed by atoms with Gasteiger partial charge in [-0.3, -0.25) is 19.4 Å². The van der Waals surface area contributed by atoms with Crippen LogP contribution >= 0.6 is 11.6 Å². The number of esters is 1. The lowest BCUT2D eigenvalue weighted by Gasteiger charge is -2.28. The van der Waals surface area contributed by atoms with E-state index in [1.165, 1.54) is 24.3 Å². The van der Waals surface area contributed by atoms with Crippen LogP contribution in [0.25, 0.3) is 0 Å². The minimum atomic E-state index is -5.03. The summed E-state index contributed by atoms with van der Waals surface area (Å²) in [6.45, 7) is 2.25. The summed E-state index contributed by atoms with van der Waals surface area (Å²) in [6.07, 6.45) is -6.10. The van der Waals surface area contributed by atoms with Crippen LogP contribution in [0.4, 0.5) is 13.2 Å². The van der Waals surface area contributed by atoms with Crippen LogP contribution in [-0.2, 0) is 26.3 Å². The summed E-state index contributed by atoms with van der Waals surface area (Å²) in [5.41, 5.74) is -3.09. The molecule has 0 bridgehead atoms. The van der Waals surface area contributed by atoms with Gasteiger partial charge >= 0.3 is 12.1 Å². The molecular formula is C29H33ClF3N3O7. The number of nitrogens with zero attached hydrogens (tertiary/aromatic N) is 1. The van der Waals surface area contributed by atoms with Gasteiger partial charge in [-0.1, -0.05) is 17.7 Å². The van der Waals surface area contributed by atoms with Crippen LogP contribution in [-0.4, -0.2) is 77.3 Å². The molecule has 234 valence electrons. The number of amides is 1. The number of β-amino-alcohol motifs (C(OH)–C–C–N with tert-alkyl or cyclic N) is 1. The minimum Gasteiger partial charge on any atom is -0.508 e. The number of aromatic hydroxyl groups is 1. The number of hydrogen-bond donors (Lipinski definition) is 5. The van der Waals surface area contributed by atoms with Gasteiger partial charge in [-0.25, -0.2) is 0 Å². The Bertz CT molecular complexity index is 1380. The minimum absolute atomic E-state index is 0.0381. The molecule has 1 heterocycles. The Morgan fingerprint density at radius 1 is 1.16 bits per heavy atom. The fourth-order valence-electron chi connectivity index (χ4n) is 4.44. The van der Waals surface area contributed by atoms with Gasteiger partial charge in [-0.15, -0.1) is 0 Å². The zero-order valence-electron chi connectivity index (χ0n) is 23.5. The molecule has 0 spiro atoms. The monoisotopic (exact) mass is 627 g/mol. The van der Waals surface area contributed by atoms with E-state index in [-0.39, 0.29) is 54.3 Å². The lowest BCUT2D eigenvalue weighted by atomic mass is 9.86. The van der Waals surface area contributed by atoms with Crippen molar-refractivity contribution in [3.63, 3.8) is 0 Å². The van der Waals surface area contributed by atoms with Crippen LogP contribution in [0.15, 0.2) is 41.4 Å². The van der Waals surface area contributed by atoms with Gasteiger partial charge in [0.25, 0.3) is 5.91 Å². The Kier molecular flexibility index (Phi) is 11.2. The number of alkyl halides is 3. The summed E-state index contributed by atoms with van der Waals surface area (Å²) in [4.78, 5) is 42.3. The quantitative estimate of drug-likeness (QED) is 0.225. The molecule has 0 fully saturated rings. The number of Topliss-reactive ketones (excluding diaryl/α,β-unsaturated/α-hetero) is 1. The highest BCUT2D eigenvalue weighted by Gasteiger charge is 2.51. The molecule has 1 aliphatic rings. The smallest absolute Gasteiger partial charge is 0.421 e. The lowest BCUT2D eigenvalue weighted by molar-refractivity contribution is -0.258. The van der Waals surface area contributed by atoms with Crippen molar-refractivity contribution in [2.24, 2.45) is 4.99 Å². The fraction of sp³-hybridized carbons (Fsp3) is 0.448. The van der Waals surface area contributed by atoms with E-state index in [0.717, 1.165) is 12.1 Å². The van der Waals surface area contributed by atoms with Gasteiger partial charge in [0.05, 0.1) is 32.2 Å². The highest BCUT2D eigenvalue weighted by molar-refractivity contribution is 6.30. The summed E-state index contributed by atoms with van der Waals surface area (Å²) >= 11 is 6.07. The molecular weight excluding hydrogens is 595 g/mol. The van der Waals surface area contributed by atoms with Crippen molar-refractivity contribution in [3.05, 3.63) is 63.7 Å². The van der Waals surface area contributed by atoms with E-state index < -0.39 is 53.6 Å². The molecule has 1 amide bonds. The number of phenols is 1. The summed E-state index contributed by atoms with van der Waals surface area (Å²) < 4.78 is 45.5. The zero-order valence-corrected chi connectivity index (χ0v) is 24.3. The van der Waals surface area contributed by atoms with Gasteiger partial charge in [0.15, 0.2) is 11.4 Å². The Labute approximate surface area is 250 Å². The number of ketones is 1. The number of carbonyl (C=O) groups excluding carboxylic acids is 3. The molecule has 0 aromatic heterocycles. The van der Waals surface area contributed by atoms with Crippen molar-refractivity contribution in [1.29, 1.82) is 0 Å². The number of amidine groups is 1. The number of carbonyl (C=O) groups is 3. The molecule has 0 saturated heterocycles. The van der Waals surface area contributed by atoms with E-state index in [9.17, 15) is 42.9 Å². The van der Waals surface area contributed by atoms with E-state index >= 15 is 0 Å². The lowest BCUT2D eigenvalue weighted by Crippen LogP contribution is -2.39. The van der Waals surface area contributed by atoms with Crippen molar-refractivity contribution in [1.82, 2.24) is 10.6 Å². The average molecular weight is 628 g/mol. The van der Waals surface area contributed by atoms with E-state index in [2.05, 4.69) is 15.6 Å². The molecule has 1 aliphatic heterocycles. The van der Waals surface area contributed by atoms with Crippen molar-refractivity contribution in [3.8, 4) is 5.75 Å². The molecule has 43 heavy (non-hydrogen) atoms. The number of halogens is 4. The van der Waals surface area contributed by atoms with Gasteiger partial charge < -0.3 is 30.7 Å². The van der Waals surface area contributed by atoms with E-state index in [1.54, 1.807) is 6.92 Å². The summed E-state index contributed by atoms with van der Waals surface area (Å²) in [5.74, 6) is -2.51. The molecule has 5 N–H and O–H groups in total. The zero-order chi connectivity index (χ0) is 31.9. The average Bonchev–Trinajstić information content (AvgIpc) is 2.91. The second kappa shape index (κ2) is 14.2. The molecule has 3 rings (SSSR count). The van der Waals surface area contributed by atoms with Crippen LogP contribution in [0.1, 0.15) is 59.7 Å². The SMILES string of the molecule is CCOC(=O)C[C@H](CC(=O)CNC(=O)c1cc(O)cc(CC2=NCC(O)CN2)c1)c1cc(Cl)cc(C(C)(O)C(F)(F)F)c1. The van der Waals surface area contributed by atoms with Crippen LogP contribution in [0, 0.1) is 0 Å². The van der Waals surface area contributed by atoms with Gasteiger partial charge in [-0.2, -0.15) is 13.2 Å². The first kappa shape index (κ1) is 33.8. The first-order valence-corrected chi connectivity index (χ1v) is 13.8. The van der Waals surface area contributed by atoms with Crippen molar-refractivity contribution < 1.29 is 47.6 Å². The molecule has 2 unspecified atom stereocenters. The topological polar surface area (TPSA) is 158 Å². The molecule has 10 nitrogen and oxygen atoms in total. The maximum atomic E-state index is 13.5. The highest BCUT2D eigenvalue weighted by atomic mass is 35.5. The predicted molar refractivity (Wildman–Crippen MR) is 151 cm³/mol. The third kappa shape index (κ3) is 9.40. The van der Waals surface area contributed by atoms with Crippen molar-refractivity contribution >= 4 is 35.1 Å². The normalized spacial score (nSPS) is 17.2. The third-order valence-electron chi connectivity index (χ3n) is 6.79. The van der Waals surface area contributed by atoms with Crippen LogP contribution in [0.2, 0.25) is 5.02 Å². The molecule has 3 atom stereocenters. The van der Waals surface area contributed by atoms with Gasteiger partial charge in [0.1, 0.15) is 11.6 Å². The van der Waals surface area contributed by atoms with Crippen LogP contribution in [0.3, 0.4) is 0 Å². The second-order valence-corrected chi connectivity index (χ2v) is 10.8. The maximum Gasteiger partial charge on any atom is 0.421 e. The van der Waals surface area contributed by atoms with Crippen LogP contribution < -0.4 is 10.6 Å². The number of hydrogen-bond acceptors (Lipinski definition) is 9. The Morgan fingerprint density at radius 3 is 2.51 bits per heavy atom. The van der Waals surface area contributed by atoms with Gasteiger partial charge in [-0.05, 0) is 60.9 Å². The summed E-state index contributed by atoms with van der Waals surface area (Å²) in [7, 11) is 0. The van der Waals surface area contributed by atoms with Crippen LogP contribution in [0.5, 0.6) is 5.75 Å². The molecule has 0 saturated carbocycles. The van der Waals surface area contributed by atoms with Gasteiger partial charge in [0.2, 0.25) is 0 Å². The summed E-state index contributed by atoms with van der Waals surface area (Å²) in [5, 5.41) is 35.1. The third-order valence-corrected chi connectivity index (χ3v) is 7.01. The van der Waals surface area contributed by atoms with Gasteiger partial charge in [0, 0.05) is 35.9 Å². The molecule has 0 aliphatic carbocycles. The number of aliphatic imine (C=N–C) groups is 1. The van der Waals surface area contributed by atoms with Crippen molar-refractivity contribution in [2.45, 2.75) is 56.9 Å². The Balaban J connectivity index is 1.75. The number of rotatable bonds is 12. The number of benzene rings is 2. The van der Waals surface area contributed by atoms with Crippen molar-refractivity contribution in [2.75, 3.05) is 26.2 Å². The number of aliphatic hydroxyl groups excluding tert-OH is 1. The maximum absolute atomic E-state index is 13.5. The highest BCUT2D eigenvalue weighted by Crippen LogP contribution is 2.41. The first-order valence-electron chi connectivity index (χ1n) is 13.4. The number of aliphatic hydroxyl groups is 2. The number of ether oxygens (including phenoxy) is 1. The van der Waals surface area contributed by atoms with E-state index in [1.807, 2.05) is 0 Å². The summed E-state index contributed by atoms with van der Waals surface area (Å²) in [6, 6.07) is 7.47. The Hall–Kier alpha value is -3.68. The fourth-order valence-corrected chi connectivity index (χ4v) is 4.68.